The molecule has 1 saturated heterocycles. The summed E-state index contributed by atoms with van der Waals surface area (Å²) in [5.41, 5.74) is 3.30. The van der Waals surface area contributed by atoms with Crippen molar-refractivity contribution in [2.45, 2.75) is 19.0 Å². The first-order valence-corrected chi connectivity index (χ1v) is 15.8. The second kappa shape index (κ2) is 11.7. The van der Waals surface area contributed by atoms with Crippen LogP contribution in [0.2, 0.25) is 0 Å². The van der Waals surface area contributed by atoms with Crippen molar-refractivity contribution in [3.05, 3.63) is 89.7 Å². The van der Waals surface area contributed by atoms with E-state index in [9.17, 15) is 21.2 Å². The fourth-order valence-electron chi connectivity index (χ4n) is 4.72. The fourth-order valence-corrected chi connectivity index (χ4v) is 6.09. The lowest BCUT2D eigenvalue weighted by Gasteiger charge is -2.47. The zero-order valence-corrected chi connectivity index (χ0v) is 23.5. The van der Waals surface area contributed by atoms with Crippen LogP contribution in [-0.4, -0.2) is 71.8 Å². The summed E-state index contributed by atoms with van der Waals surface area (Å²) in [5, 5.41) is 0. The standard InChI is InChI=1S/C27H31FN2O7S2/c1-35-26-23(10-7-11-25(26)22-8-5-4-6-9-22)19-29-16-17-30(18-21-12-14-24(28)15-13-21)27(20-29,36-38(2,31)32)37-39(3,33)34/h4-15H,16-20H2,1-3H3. The van der Waals surface area contributed by atoms with Crippen molar-refractivity contribution in [1.29, 1.82) is 0 Å². The lowest BCUT2D eigenvalue weighted by Crippen LogP contribution is -2.65. The predicted molar refractivity (Wildman–Crippen MR) is 145 cm³/mol. The van der Waals surface area contributed by atoms with Gasteiger partial charge in [0.25, 0.3) is 26.1 Å². The maximum atomic E-state index is 13.5. The van der Waals surface area contributed by atoms with E-state index in [4.69, 9.17) is 13.1 Å². The van der Waals surface area contributed by atoms with Crippen LogP contribution in [0.1, 0.15) is 11.1 Å². The van der Waals surface area contributed by atoms with E-state index in [-0.39, 0.29) is 19.6 Å². The number of rotatable bonds is 10. The number of methoxy groups -OCH3 is 1. The van der Waals surface area contributed by atoms with Crippen LogP contribution in [0.4, 0.5) is 4.39 Å². The van der Waals surface area contributed by atoms with Gasteiger partial charge in [-0.1, -0.05) is 60.7 Å². The molecule has 0 N–H and O–H groups in total. The van der Waals surface area contributed by atoms with E-state index in [2.05, 4.69) is 0 Å². The number of piperazine rings is 1. The van der Waals surface area contributed by atoms with Crippen LogP contribution < -0.4 is 4.74 Å². The molecule has 12 heteroatoms. The van der Waals surface area contributed by atoms with Gasteiger partial charge < -0.3 is 4.74 Å². The summed E-state index contributed by atoms with van der Waals surface area (Å²) in [6.45, 7) is 0.778. The molecule has 9 nitrogen and oxygen atoms in total. The Morgan fingerprint density at radius 1 is 0.821 bits per heavy atom. The van der Waals surface area contributed by atoms with Gasteiger partial charge in [0.15, 0.2) is 0 Å². The Kier molecular flexibility index (Phi) is 8.74. The molecule has 39 heavy (non-hydrogen) atoms. The van der Waals surface area contributed by atoms with Gasteiger partial charge in [-0.3, -0.25) is 4.90 Å². The molecule has 3 aromatic rings. The Morgan fingerprint density at radius 2 is 1.46 bits per heavy atom. The maximum Gasteiger partial charge on any atom is 0.275 e. The van der Waals surface area contributed by atoms with Crippen molar-refractivity contribution in [1.82, 2.24) is 9.80 Å². The predicted octanol–water partition coefficient (Wildman–Crippen LogP) is 3.43. The van der Waals surface area contributed by atoms with Crippen LogP contribution in [0.15, 0.2) is 72.8 Å². The number of ether oxygens (including phenoxy) is 1. The van der Waals surface area contributed by atoms with Crippen LogP contribution >= 0.6 is 0 Å². The van der Waals surface area contributed by atoms with Gasteiger partial charge in [-0.2, -0.15) is 16.8 Å². The SMILES string of the molecule is COc1c(CN2CCN(Cc3ccc(F)cc3)C(OS(C)(=O)=O)(OS(C)(=O)=O)C2)cccc1-c1ccccc1. The summed E-state index contributed by atoms with van der Waals surface area (Å²) < 4.78 is 79.6. The summed E-state index contributed by atoms with van der Waals surface area (Å²) >= 11 is 0. The van der Waals surface area contributed by atoms with Crippen molar-refractivity contribution in [2.75, 3.05) is 39.3 Å². The fraction of sp³-hybridized carbons (Fsp3) is 0.333. The Hall–Kier alpha value is -2.87. The lowest BCUT2D eigenvalue weighted by atomic mass is 10.0. The lowest BCUT2D eigenvalue weighted by molar-refractivity contribution is -0.251. The summed E-state index contributed by atoms with van der Waals surface area (Å²) in [6.07, 6.45) is 1.67. The molecule has 0 aromatic heterocycles. The average molecular weight is 579 g/mol. The zero-order chi connectivity index (χ0) is 28.3. The molecule has 0 bridgehead atoms. The van der Waals surface area contributed by atoms with E-state index in [1.165, 1.54) is 29.2 Å². The maximum absolute atomic E-state index is 13.5. The van der Waals surface area contributed by atoms with E-state index < -0.39 is 32.0 Å². The van der Waals surface area contributed by atoms with Gasteiger partial charge in [0, 0.05) is 37.3 Å². The number of hydrogen-bond acceptors (Lipinski definition) is 9. The molecular formula is C27H31FN2O7S2. The minimum absolute atomic E-state index is 0.0615. The molecule has 1 fully saturated rings. The van der Waals surface area contributed by atoms with Crippen molar-refractivity contribution in [2.24, 2.45) is 0 Å². The number of hydrogen-bond donors (Lipinski definition) is 0. The highest BCUT2D eigenvalue weighted by atomic mass is 32.2. The molecule has 4 rings (SSSR count). The Labute approximate surface area is 229 Å². The Morgan fingerprint density at radius 3 is 2.05 bits per heavy atom. The van der Waals surface area contributed by atoms with Crippen molar-refractivity contribution >= 4 is 20.2 Å². The highest BCUT2D eigenvalue weighted by Crippen LogP contribution is 2.36. The number of nitrogens with zero attached hydrogens (tertiary/aromatic N) is 2. The third-order valence-electron chi connectivity index (χ3n) is 6.22. The first kappa shape index (κ1) is 29.1. The topological polar surface area (TPSA) is 102 Å². The van der Waals surface area contributed by atoms with Gasteiger partial charge in [-0.15, -0.1) is 0 Å². The molecule has 0 unspecified atom stereocenters. The van der Waals surface area contributed by atoms with Crippen LogP contribution in [-0.2, 0) is 41.7 Å². The Bertz CT molecular complexity index is 1460. The second-order valence-electron chi connectivity index (χ2n) is 9.41. The van der Waals surface area contributed by atoms with Crippen molar-refractivity contribution in [3.63, 3.8) is 0 Å². The molecule has 0 atom stereocenters. The van der Waals surface area contributed by atoms with Crippen LogP contribution in [0.5, 0.6) is 5.75 Å². The average Bonchev–Trinajstić information content (AvgIpc) is 2.85. The quantitative estimate of drug-likeness (QED) is 0.265. The van der Waals surface area contributed by atoms with Crippen LogP contribution in [0.3, 0.4) is 0 Å². The number of para-hydroxylation sites is 1. The van der Waals surface area contributed by atoms with E-state index in [0.717, 1.165) is 29.2 Å². The van der Waals surface area contributed by atoms with Gasteiger partial charge in [0.1, 0.15) is 11.6 Å². The van der Waals surface area contributed by atoms with Crippen LogP contribution in [0, 0.1) is 5.82 Å². The molecule has 1 aliphatic rings. The monoisotopic (exact) mass is 578 g/mol. The molecule has 1 aliphatic heterocycles. The van der Waals surface area contributed by atoms with Gasteiger partial charge in [-0.25, -0.2) is 17.7 Å². The minimum atomic E-state index is -4.18. The second-order valence-corrected chi connectivity index (χ2v) is 12.6. The van der Waals surface area contributed by atoms with E-state index >= 15 is 0 Å². The number of benzene rings is 3. The molecular weight excluding hydrogens is 547 g/mol. The summed E-state index contributed by atoms with van der Waals surface area (Å²) in [5.74, 6) is -1.96. The number of halogens is 1. The highest BCUT2D eigenvalue weighted by molar-refractivity contribution is 7.86. The van der Waals surface area contributed by atoms with Gasteiger partial charge >= 0.3 is 0 Å². The normalized spacial score (nSPS) is 16.7. The molecule has 0 radical (unpaired) electrons. The van der Waals surface area contributed by atoms with Gasteiger partial charge in [0.2, 0.25) is 0 Å². The first-order valence-electron chi connectivity index (χ1n) is 12.1. The molecule has 3 aromatic carbocycles. The zero-order valence-electron chi connectivity index (χ0n) is 21.9. The van der Waals surface area contributed by atoms with Gasteiger partial charge in [0.05, 0.1) is 26.2 Å². The summed E-state index contributed by atoms with van der Waals surface area (Å²) in [4.78, 5) is 3.35. The first-order chi connectivity index (χ1) is 18.4. The molecule has 0 aliphatic carbocycles. The van der Waals surface area contributed by atoms with Crippen molar-refractivity contribution in [3.8, 4) is 16.9 Å². The largest absolute Gasteiger partial charge is 0.496 e. The summed E-state index contributed by atoms with van der Waals surface area (Å²) in [6, 6.07) is 21.1. The Balaban J connectivity index is 1.70. The smallest absolute Gasteiger partial charge is 0.275 e. The third-order valence-corrected chi connectivity index (χ3v) is 7.35. The molecule has 1 heterocycles. The molecule has 210 valence electrons. The van der Waals surface area contributed by atoms with Gasteiger partial charge in [-0.05, 0) is 23.3 Å². The third kappa shape index (κ3) is 7.62. The minimum Gasteiger partial charge on any atom is -0.496 e. The van der Waals surface area contributed by atoms with E-state index in [0.29, 0.717) is 24.4 Å². The van der Waals surface area contributed by atoms with E-state index in [1.807, 2.05) is 53.4 Å². The highest BCUT2D eigenvalue weighted by Gasteiger charge is 2.49. The molecule has 0 saturated carbocycles. The van der Waals surface area contributed by atoms with Crippen LogP contribution in [0.25, 0.3) is 11.1 Å². The summed E-state index contributed by atoms with van der Waals surface area (Å²) in [7, 11) is -6.78. The molecule has 0 spiro atoms. The van der Waals surface area contributed by atoms with Crippen molar-refractivity contribution < 1.29 is 34.3 Å². The molecule has 0 amide bonds. The van der Waals surface area contributed by atoms with E-state index in [1.54, 1.807) is 7.11 Å².